The molecular formula is C37H33N7O6. The highest BCUT2D eigenvalue weighted by Crippen LogP contribution is 2.49. The van der Waals surface area contributed by atoms with Crippen LogP contribution in [0.4, 0.5) is 11.4 Å². The summed E-state index contributed by atoms with van der Waals surface area (Å²) in [5, 5.41) is 27.2. The number of fused-ring (bicyclic) bond motifs is 4. The summed E-state index contributed by atoms with van der Waals surface area (Å²) in [7, 11) is 0. The lowest BCUT2D eigenvalue weighted by atomic mass is 9.97. The van der Waals surface area contributed by atoms with Crippen LogP contribution in [0.2, 0.25) is 0 Å². The van der Waals surface area contributed by atoms with Gasteiger partial charge < -0.3 is 35.3 Å². The van der Waals surface area contributed by atoms with Crippen molar-refractivity contribution in [1.82, 2.24) is 15.5 Å². The van der Waals surface area contributed by atoms with Gasteiger partial charge in [-0.15, -0.1) is 0 Å². The minimum absolute atomic E-state index is 0.0153. The van der Waals surface area contributed by atoms with E-state index in [1.54, 1.807) is 38.2 Å². The number of benzene rings is 3. The second-order valence-corrected chi connectivity index (χ2v) is 13.0. The third-order valence-corrected chi connectivity index (χ3v) is 9.38. The molecule has 0 radical (unpaired) electrons. The molecule has 4 aliphatic heterocycles. The fourth-order valence-electron chi connectivity index (χ4n) is 6.49. The van der Waals surface area contributed by atoms with Crippen molar-refractivity contribution in [2.75, 3.05) is 30.1 Å². The maximum Gasteiger partial charge on any atom is 0.255 e. The van der Waals surface area contributed by atoms with Gasteiger partial charge in [0, 0.05) is 53.9 Å². The normalized spacial score (nSPS) is 18.5. The molecule has 0 saturated carbocycles. The number of rotatable bonds is 7. The smallest absolute Gasteiger partial charge is 0.255 e. The quantitative estimate of drug-likeness (QED) is 0.167. The maximum atomic E-state index is 13.5. The molecule has 3 aromatic rings. The summed E-state index contributed by atoms with van der Waals surface area (Å²) in [6.45, 7) is 4.76. The number of carbonyl (C=O) groups excluding carboxylic acids is 4. The van der Waals surface area contributed by atoms with Crippen molar-refractivity contribution in [3.8, 4) is 29.4 Å². The van der Waals surface area contributed by atoms with E-state index in [0.29, 0.717) is 58.2 Å². The highest BCUT2D eigenvalue weighted by molar-refractivity contribution is 6.07. The average molecular weight is 672 g/mol. The second kappa shape index (κ2) is 12.6. The molecule has 4 heterocycles. The van der Waals surface area contributed by atoms with Crippen molar-refractivity contribution in [3.05, 3.63) is 70.9 Å². The predicted octanol–water partition coefficient (Wildman–Crippen LogP) is 3.18. The van der Waals surface area contributed by atoms with E-state index < -0.39 is 17.5 Å². The molecule has 0 bridgehead atoms. The molecular weight excluding hydrogens is 638 g/mol. The summed E-state index contributed by atoms with van der Waals surface area (Å²) in [6, 6.07) is 14.0. The summed E-state index contributed by atoms with van der Waals surface area (Å²) in [6.07, 6.45) is 3.11. The molecule has 13 heteroatoms. The summed E-state index contributed by atoms with van der Waals surface area (Å²) in [5.41, 5.74) is 2.27. The number of ether oxygens (including phenoxy) is 2. The fourth-order valence-corrected chi connectivity index (χ4v) is 6.49. The van der Waals surface area contributed by atoms with Crippen molar-refractivity contribution >= 4 is 52.0 Å². The van der Waals surface area contributed by atoms with Crippen LogP contribution >= 0.6 is 0 Å². The van der Waals surface area contributed by atoms with Gasteiger partial charge in [0.25, 0.3) is 5.91 Å². The lowest BCUT2D eigenvalue weighted by Crippen LogP contribution is -2.52. The Morgan fingerprint density at radius 2 is 1.86 bits per heavy atom. The number of carbonyl (C=O) groups is 4. The second-order valence-electron chi connectivity index (χ2n) is 13.0. The fraction of sp³-hybridized carbons (Fsp3) is 0.297. The number of nitrogens with one attached hydrogen (secondary N) is 4. The van der Waals surface area contributed by atoms with Crippen LogP contribution in [-0.4, -0.2) is 66.2 Å². The van der Waals surface area contributed by atoms with Crippen LogP contribution in [0.5, 0.6) is 11.5 Å². The van der Waals surface area contributed by atoms with Crippen LogP contribution in [0.15, 0.2) is 54.2 Å². The van der Waals surface area contributed by atoms with Gasteiger partial charge >= 0.3 is 0 Å². The molecule has 0 spiro atoms. The first kappa shape index (κ1) is 32.2. The van der Waals surface area contributed by atoms with E-state index in [9.17, 15) is 24.4 Å². The van der Waals surface area contributed by atoms with Crippen molar-refractivity contribution in [3.63, 3.8) is 0 Å². The standard InChI is InChI=1S/C37H33N7O6/c1-37(2,36(48)41-28-10-9-23(15-39)24-5-3-4-6-25(24)28)40-16-21(14-38)7-8-22-17-43(18-22)30-13-26-27(32-33(30)50-20-49-32)19-44(35(26)47)29-11-12-31(45)42-34(29)46/h3-6,9-10,13-14,16,22,29,38,40H,11-12,17-20H2,1-2H3,(H,41,48)(H,42,45,46)/b21-16-,38-14?. The summed E-state index contributed by atoms with van der Waals surface area (Å²) in [5.74, 6) is 5.83. The number of piperidine rings is 1. The topological polar surface area (TPSA) is 177 Å². The van der Waals surface area contributed by atoms with Crippen molar-refractivity contribution in [2.24, 2.45) is 5.92 Å². The Bertz CT molecular complexity index is 2130. The van der Waals surface area contributed by atoms with Crippen LogP contribution in [0.3, 0.4) is 0 Å². The number of hydrogen-bond acceptors (Lipinski definition) is 10. The molecule has 252 valence electrons. The zero-order chi connectivity index (χ0) is 35.2. The molecule has 4 amide bonds. The van der Waals surface area contributed by atoms with Crippen LogP contribution in [0.25, 0.3) is 10.8 Å². The molecule has 0 aromatic heterocycles. The highest BCUT2D eigenvalue weighted by Gasteiger charge is 2.43. The molecule has 7 rings (SSSR count). The molecule has 1 atom stereocenters. The number of hydrogen-bond donors (Lipinski definition) is 4. The molecule has 3 aromatic carbocycles. The third-order valence-electron chi connectivity index (χ3n) is 9.38. The van der Waals surface area contributed by atoms with Crippen LogP contribution in [0.1, 0.15) is 48.2 Å². The van der Waals surface area contributed by atoms with E-state index in [2.05, 4.69) is 33.9 Å². The van der Waals surface area contributed by atoms with Crippen molar-refractivity contribution < 1.29 is 28.7 Å². The lowest BCUT2D eigenvalue weighted by Gasteiger charge is -2.38. The molecule has 2 fully saturated rings. The van der Waals surface area contributed by atoms with Crippen LogP contribution in [0, 0.1) is 34.5 Å². The Kier molecular flexibility index (Phi) is 8.12. The van der Waals surface area contributed by atoms with Crippen LogP contribution < -0.4 is 30.3 Å². The summed E-state index contributed by atoms with van der Waals surface area (Å²) < 4.78 is 11.6. The SMILES string of the molecule is CC(C)(N/C=C(/C#CC1CN(c2cc3c(c4c2OCO4)CN(C2CCC(=O)NC2=O)C3=O)C1)C=N)C(=O)Nc1ccc(C#N)c2ccccc12. The Morgan fingerprint density at radius 3 is 2.60 bits per heavy atom. The Morgan fingerprint density at radius 1 is 1.10 bits per heavy atom. The van der Waals surface area contributed by atoms with E-state index in [1.807, 2.05) is 29.2 Å². The monoisotopic (exact) mass is 671 g/mol. The molecule has 0 aliphatic carbocycles. The number of nitriles is 1. The van der Waals surface area contributed by atoms with Gasteiger partial charge in [0.15, 0.2) is 11.5 Å². The van der Waals surface area contributed by atoms with E-state index >= 15 is 0 Å². The molecule has 13 nitrogen and oxygen atoms in total. The lowest BCUT2D eigenvalue weighted by molar-refractivity contribution is -0.137. The van der Waals surface area contributed by atoms with Gasteiger partial charge in [-0.2, -0.15) is 5.26 Å². The van der Waals surface area contributed by atoms with E-state index in [1.165, 1.54) is 4.90 Å². The van der Waals surface area contributed by atoms with Crippen molar-refractivity contribution in [2.45, 2.75) is 44.8 Å². The molecule has 4 N–H and O–H groups in total. The first-order valence-corrected chi connectivity index (χ1v) is 16.2. The van der Waals surface area contributed by atoms with Gasteiger partial charge in [0.2, 0.25) is 24.5 Å². The van der Waals surface area contributed by atoms with E-state index in [-0.39, 0.29) is 49.8 Å². The van der Waals surface area contributed by atoms with Gasteiger partial charge in [-0.3, -0.25) is 24.5 Å². The first-order chi connectivity index (χ1) is 24.1. The minimum atomic E-state index is -1.06. The molecule has 2 saturated heterocycles. The number of anilines is 2. The van der Waals surface area contributed by atoms with Gasteiger partial charge in [-0.05, 0) is 38.5 Å². The summed E-state index contributed by atoms with van der Waals surface area (Å²) in [4.78, 5) is 54.5. The number of imide groups is 1. The van der Waals surface area contributed by atoms with E-state index in [4.69, 9.17) is 14.9 Å². The van der Waals surface area contributed by atoms with Crippen molar-refractivity contribution in [1.29, 1.82) is 10.7 Å². The molecule has 1 unspecified atom stereocenters. The number of nitrogens with zero attached hydrogens (tertiary/aromatic N) is 3. The van der Waals surface area contributed by atoms with Gasteiger partial charge in [-0.1, -0.05) is 36.1 Å². The third kappa shape index (κ3) is 5.73. The molecule has 50 heavy (non-hydrogen) atoms. The largest absolute Gasteiger partial charge is 0.453 e. The Hall–Kier alpha value is -6.34. The zero-order valence-electron chi connectivity index (χ0n) is 27.4. The Labute approximate surface area is 287 Å². The number of allylic oxidation sites excluding steroid dienone is 1. The average Bonchev–Trinajstić information content (AvgIpc) is 3.70. The van der Waals surface area contributed by atoms with Gasteiger partial charge in [-0.25, -0.2) is 0 Å². The first-order valence-electron chi connectivity index (χ1n) is 16.2. The maximum absolute atomic E-state index is 13.5. The Balaban J connectivity index is 1.00. The number of amides is 4. The highest BCUT2D eigenvalue weighted by atomic mass is 16.7. The molecule has 4 aliphatic rings. The van der Waals surface area contributed by atoms with Crippen LogP contribution in [-0.2, 0) is 20.9 Å². The zero-order valence-corrected chi connectivity index (χ0v) is 27.4. The minimum Gasteiger partial charge on any atom is -0.453 e. The van der Waals surface area contributed by atoms with Gasteiger partial charge in [0.05, 0.1) is 40.9 Å². The van der Waals surface area contributed by atoms with Gasteiger partial charge in [0.1, 0.15) is 11.6 Å². The summed E-state index contributed by atoms with van der Waals surface area (Å²) >= 11 is 0. The van der Waals surface area contributed by atoms with E-state index in [0.717, 1.165) is 17.0 Å². The predicted molar refractivity (Wildman–Crippen MR) is 183 cm³/mol.